The molecule has 3 atom stereocenters. The number of carbonyl (C=O) groups excluding carboxylic acids is 1. The molecule has 27 heavy (non-hydrogen) atoms. The monoisotopic (exact) mass is 384 g/mol. The van der Waals surface area contributed by atoms with Crippen LogP contribution in [0.25, 0.3) is 0 Å². The number of hydrogen-bond acceptors (Lipinski definition) is 4. The van der Waals surface area contributed by atoms with Gasteiger partial charge in [0.2, 0.25) is 5.91 Å². The molecule has 5 nitrogen and oxygen atoms in total. The SMILES string of the molecule is O=C(O)c1csc(CCNC(=O)C2(Cc3ccccc3)CC3CCC2C3)n1. The maximum atomic E-state index is 13.2. The van der Waals surface area contributed by atoms with E-state index >= 15 is 0 Å². The Morgan fingerprint density at radius 2 is 2.07 bits per heavy atom. The number of rotatable bonds is 7. The van der Waals surface area contributed by atoms with Gasteiger partial charge in [-0.1, -0.05) is 36.8 Å². The van der Waals surface area contributed by atoms with Gasteiger partial charge in [0, 0.05) is 18.3 Å². The summed E-state index contributed by atoms with van der Waals surface area (Å²) in [7, 11) is 0. The summed E-state index contributed by atoms with van der Waals surface area (Å²) in [6.45, 7) is 0.499. The molecule has 2 N–H and O–H groups in total. The van der Waals surface area contributed by atoms with E-state index in [-0.39, 0.29) is 17.0 Å². The van der Waals surface area contributed by atoms with Crippen molar-refractivity contribution in [2.75, 3.05) is 6.54 Å². The van der Waals surface area contributed by atoms with Crippen LogP contribution in [0.1, 0.15) is 46.7 Å². The van der Waals surface area contributed by atoms with Crippen molar-refractivity contribution in [1.82, 2.24) is 10.3 Å². The van der Waals surface area contributed by atoms with Gasteiger partial charge in [-0.3, -0.25) is 4.79 Å². The highest BCUT2D eigenvalue weighted by molar-refractivity contribution is 7.09. The lowest BCUT2D eigenvalue weighted by atomic mass is 9.68. The van der Waals surface area contributed by atoms with Crippen molar-refractivity contribution in [1.29, 1.82) is 0 Å². The molecule has 1 amide bonds. The Labute approximate surface area is 162 Å². The maximum Gasteiger partial charge on any atom is 0.355 e. The topological polar surface area (TPSA) is 79.3 Å². The van der Waals surface area contributed by atoms with Crippen molar-refractivity contribution in [3.63, 3.8) is 0 Å². The quantitative estimate of drug-likeness (QED) is 0.765. The first kappa shape index (κ1) is 18.2. The molecule has 0 radical (unpaired) electrons. The predicted molar refractivity (Wildman–Crippen MR) is 104 cm³/mol. The summed E-state index contributed by atoms with van der Waals surface area (Å²) in [6.07, 6.45) is 5.94. The summed E-state index contributed by atoms with van der Waals surface area (Å²) in [5.74, 6) is 0.307. The lowest BCUT2D eigenvalue weighted by molar-refractivity contribution is -0.134. The van der Waals surface area contributed by atoms with Crippen LogP contribution in [0.5, 0.6) is 0 Å². The minimum Gasteiger partial charge on any atom is -0.476 e. The third kappa shape index (κ3) is 3.63. The number of nitrogens with zero attached hydrogens (tertiary/aromatic N) is 1. The second kappa shape index (κ2) is 7.43. The zero-order valence-corrected chi connectivity index (χ0v) is 16.0. The minimum absolute atomic E-state index is 0.0787. The number of amides is 1. The molecule has 142 valence electrons. The molecule has 6 heteroatoms. The third-order valence-corrected chi connectivity index (χ3v) is 7.09. The number of benzene rings is 1. The second-order valence-corrected chi connectivity index (χ2v) is 8.78. The zero-order chi connectivity index (χ0) is 18.9. The van der Waals surface area contributed by atoms with E-state index in [2.05, 4.69) is 22.4 Å². The van der Waals surface area contributed by atoms with Gasteiger partial charge in [0.05, 0.1) is 10.4 Å². The smallest absolute Gasteiger partial charge is 0.355 e. The van der Waals surface area contributed by atoms with Gasteiger partial charge in [-0.25, -0.2) is 9.78 Å². The molecule has 1 aromatic heterocycles. The summed E-state index contributed by atoms with van der Waals surface area (Å²) in [4.78, 5) is 28.3. The summed E-state index contributed by atoms with van der Waals surface area (Å²) in [5.41, 5.74) is 1.01. The standard InChI is InChI=1S/C21H24N2O3S/c24-19(25)17-13-27-18(23-17)8-9-22-20(26)21(11-14-4-2-1-3-5-14)12-15-6-7-16(21)10-15/h1-5,13,15-16H,6-12H2,(H,22,26)(H,24,25). The summed E-state index contributed by atoms with van der Waals surface area (Å²) >= 11 is 1.33. The van der Waals surface area contributed by atoms with Gasteiger partial charge in [-0.15, -0.1) is 11.3 Å². The van der Waals surface area contributed by atoms with E-state index in [1.165, 1.54) is 29.7 Å². The van der Waals surface area contributed by atoms with Crippen molar-refractivity contribution in [2.24, 2.45) is 17.3 Å². The molecule has 3 unspecified atom stereocenters. The molecule has 2 bridgehead atoms. The largest absolute Gasteiger partial charge is 0.476 e. The summed E-state index contributed by atoms with van der Waals surface area (Å²) < 4.78 is 0. The lowest BCUT2D eigenvalue weighted by Gasteiger charge is -2.36. The average molecular weight is 385 g/mol. The Hall–Kier alpha value is -2.21. The molecule has 2 fully saturated rings. The highest BCUT2D eigenvalue weighted by atomic mass is 32.1. The van der Waals surface area contributed by atoms with Crippen LogP contribution in [-0.4, -0.2) is 28.5 Å². The Morgan fingerprint density at radius 1 is 1.26 bits per heavy atom. The van der Waals surface area contributed by atoms with E-state index < -0.39 is 5.97 Å². The highest BCUT2D eigenvalue weighted by Gasteiger charge is 2.55. The van der Waals surface area contributed by atoms with Gasteiger partial charge in [0.15, 0.2) is 5.69 Å². The van der Waals surface area contributed by atoms with Crippen LogP contribution in [-0.2, 0) is 17.6 Å². The number of nitrogens with one attached hydrogen (secondary N) is 1. The predicted octanol–water partition coefficient (Wildman–Crippen LogP) is 3.55. The average Bonchev–Trinajstić information content (AvgIpc) is 3.38. The first-order valence-corrected chi connectivity index (χ1v) is 10.4. The van der Waals surface area contributed by atoms with Crippen molar-refractivity contribution < 1.29 is 14.7 Å². The minimum atomic E-state index is -1.01. The number of aromatic nitrogens is 1. The van der Waals surface area contributed by atoms with Gasteiger partial charge in [0.1, 0.15) is 0 Å². The van der Waals surface area contributed by atoms with Gasteiger partial charge in [-0.2, -0.15) is 0 Å². The Balaban J connectivity index is 1.42. The number of fused-ring (bicyclic) bond motifs is 2. The third-order valence-electron chi connectivity index (χ3n) is 6.19. The van der Waals surface area contributed by atoms with E-state index in [1.54, 1.807) is 5.38 Å². The van der Waals surface area contributed by atoms with Crippen LogP contribution in [0.3, 0.4) is 0 Å². The number of carboxylic acid groups (broad SMARTS) is 1. The first-order chi connectivity index (χ1) is 13.1. The van der Waals surface area contributed by atoms with Crippen LogP contribution in [0.15, 0.2) is 35.7 Å². The summed E-state index contributed by atoms with van der Waals surface area (Å²) in [6, 6.07) is 10.3. The maximum absolute atomic E-state index is 13.2. The fraction of sp³-hybridized carbons (Fsp3) is 0.476. The van der Waals surface area contributed by atoms with Crippen LogP contribution >= 0.6 is 11.3 Å². The molecule has 0 spiro atoms. The van der Waals surface area contributed by atoms with Crippen LogP contribution in [0, 0.1) is 17.3 Å². The number of thiazole rings is 1. The fourth-order valence-electron chi connectivity index (χ4n) is 4.96. The second-order valence-electron chi connectivity index (χ2n) is 7.84. The highest BCUT2D eigenvalue weighted by Crippen LogP contribution is 2.57. The molecule has 2 aromatic rings. The van der Waals surface area contributed by atoms with Gasteiger partial charge in [0.25, 0.3) is 0 Å². The number of carbonyl (C=O) groups is 2. The number of carboxylic acids is 1. The molecule has 1 aromatic carbocycles. The van der Waals surface area contributed by atoms with Gasteiger partial charge >= 0.3 is 5.97 Å². The van der Waals surface area contributed by atoms with E-state index in [9.17, 15) is 9.59 Å². The molecule has 2 saturated carbocycles. The van der Waals surface area contributed by atoms with E-state index in [4.69, 9.17) is 5.11 Å². The normalized spacial score (nSPS) is 26.2. The van der Waals surface area contributed by atoms with Gasteiger partial charge < -0.3 is 10.4 Å². The first-order valence-electron chi connectivity index (χ1n) is 9.57. The molecule has 1 heterocycles. The molecule has 0 aliphatic heterocycles. The number of aromatic carboxylic acids is 1. The summed E-state index contributed by atoms with van der Waals surface area (Å²) in [5, 5.41) is 14.4. The van der Waals surface area contributed by atoms with Crippen LogP contribution < -0.4 is 5.32 Å². The molecule has 2 aliphatic carbocycles. The Kier molecular flexibility index (Phi) is 5.00. The zero-order valence-electron chi connectivity index (χ0n) is 15.2. The Morgan fingerprint density at radius 3 is 2.70 bits per heavy atom. The molecule has 4 rings (SSSR count). The van der Waals surface area contributed by atoms with Crippen molar-refractivity contribution in [3.05, 3.63) is 52.0 Å². The fourth-order valence-corrected chi connectivity index (χ4v) is 5.73. The van der Waals surface area contributed by atoms with Crippen LogP contribution in [0.4, 0.5) is 0 Å². The van der Waals surface area contributed by atoms with E-state index in [1.807, 2.05) is 18.2 Å². The van der Waals surface area contributed by atoms with Crippen molar-refractivity contribution in [2.45, 2.75) is 38.5 Å². The van der Waals surface area contributed by atoms with Crippen molar-refractivity contribution in [3.8, 4) is 0 Å². The van der Waals surface area contributed by atoms with E-state index in [0.29, 0.717) is 24.8 Å². The van der Waals surface area contributed by atoms with Gasteiger partial charge in [-0.05, 0) is 43.1 Å². The molecular formula is C21H24N2O3S. The van der Waals surface area contributed by atoms with Crippen molar-refractivity contribution >= 4 is 23.2 Å². The molecule has 0 saturated heterocycles. The number of hydrogen-bond donors (Lipinski definition) is 2. The lowest BCUT2D eigenvalue weighted by Crippen LogP contribution is -2.46. The molecular weight excluding hydrogens is 360 g/mol. The van der Waals surface area contributed by atoms with Crippen LogP contribution in [0.2, 0.25) is 0 Å². The Bertz CT molecular complexity index is 835. The van der Waals surface area contributed by atoms with E-state index in [0.717, 1.165) is 24.3 Å². The molecule has 2 aliphatic rings.